The quantitative estimate of drug-likeness (QED) is 0.664. The van der Waals surface area contributed by atoms with Crippen molar-refractivity contribution in [2.24, 2.45) is 0 Å². The molecule has 2 aliphatic heterocycles. The molecule has 2 aliphatic rings. The molecule has 0 unspecified atom stereocenters. The van der Waals surface area contributed by atoms with Gasteiger partial charge in [-0.05, 0) is 36.0 Å². The summed E-state index contributed by atoms with van der Waals surface area (Å²) in [5, 5.41) is 3.05. The highest BCUT2D eigenvalue weighted by atomic mass is 32.2. The SMILES string of the molecule is Bc1ccc2c(c1)NC(=O)C21CCSCC1. The molecule has 0 saturated carbocycles. The van der Waals surface area contributed by atoms with E-state index in [2.05, 4.69) is 31.4 Å². The molecule has 0 bridgehead atoms. The first kappa shape index (κ1) is 10.3. The molecule has 1 fully saturated rings. The largest absolute Gasteiger partial charge is 0.325 e. The molecule has 0 aliphatic carbocycles. The van der Waals surface area contributed by atoms with Crippen LogP contribution in [0.15, 0.2) is 18.2 Å². The first-order chi connectivity index (χ1) is 7.72. The molecule has 0 radical (unpaired) electrons. The molecule has 4 heteroatoms. The van der Waals surface area contributed by atoms with Crippen molar-refractivity contribution >= 4 is 36.7 Å². The maximum Gasteiger partial charge on any atom is 0.235 e. The van der Waals surface area contributed by atoms with Crippen molar-refractivity contribution in [1.29, 1.82) is 0 Å². The van der Waals surface area contributed by atoms with E-state index in [4.69, 9.17) is 0 Å². The monoisotopic (exact) mass is 231 g/mol. The lowest BCUT2D eigenvalue weighted by molar-refractivity contribution is -0.121. The second kappa shape index (κ2) is 3.55. The maximum atomic E-state index is 12.2. The lowest BCUT2D eigenvalue weighted by Gasteiger charge is -2.31. The zero-order valence-electron chi connectivity index (χ0n) is 9.38. The standard InChI is InChI=1S/C12H14BNOS/c13-8-1-2-9-10(7-8)14-11(15)12(9)3-5-16-6-4-12/h1-2,7H,3-6,13H2,(H,14,15). The van der Waals surface area contributed by atoms with Crippen LogP contribution in [0.2, 0.25) is 0 Å². The highest BCUT2D eigenvalue weighted by Crippen LogP contribution is 2.45. The fourth-order valence-electron chi connectivity index (χ4n) is 2.76. The van der Waals surface area contributed by atoms with Gasteiger partial charge in [0.1, 0.15) is 7.85 Å². The fraction of sp³-hybridized carbons (Fsp3) is 0.417. The van der Waals surface area contributed by atoms with Gasteiger partial charge in [-0.3, -0.25) is 4.79 Å². The van der Waals surface area contributed by atoms with Crippen LogP contribution in [-0.2, 0) is 10.2 Å². The minimum absolute atomic E-state index is 0.214. The van der Waals surface area contributed by atoms with Gasteiger partial charge in [-0.25, -0.2) is 0 Å². The van der Waals surface area contributed by atoms with E-state index in [0.717, 1.165) is 30.0 Å². The number of rotatable bonds is 0. The molecule has 3 rings (SSSR count). The zero-order chi connectivity index (χ0) is 11.2. The van der Waals surface area contributed by atoms with Crippen molar-refractivity contribution in [1.82, 2.24) is 0 Å². The summed E-state index contributed by atoms with van der Waals surface area (Å²) in [4.78, 5) is 12.2. The van der Waals surface area contributed by atoms with Gasteiger partial charge in [-0.15, -0.1) is 0 Å². The van der Waals surface area contributed by atoms with Crippen LogP contribution in [0.25, 0.3) is 0 Å². The number of benzene rings is 1. The number of carbonyl (C=O) groups excluding carboxylic acids is 1. The Morgan fingerprint density at radius 3 is 2.81 bits per heavy atom. The van der Waals surface area contributed by atoms with Gasteiger partial charge >= 0.3 is 0 Å². The Bertz CT molecular complexity index is 454. The van der Waals surface area contributed by atoms with E-state index in [-0.39, 0.29) is 11.3 Å². The third-order valence-electron chi connectivity index (χ3n) is 3.72. The molecular formula is C12H14BNOS. The van der Waals surface area contributed by atoms with E-state index < -0.39 is 0 Å². The van der Waals surface area contributed by atoms with E-state index >= 15 is 0 Å². The molecule has 1 amide bonds. The Kier molecular flexibility index (Phi) is 2.28. The summed E-state index contributed by atoms with van der Waals surface area (Å²) in [7, 11) is 2.06. The van der Waals surface area contributed by atoms with Crippen molar-refractivity contribution in [3.8, 4) is 0 Å². The van der Waals surface area contributed by atoms with Crippen molar-refractivity contribution in [3.63, 3.8) is 0 Å². The summed E-state index contributed by atoms with van der Waals surface area (Å²) in [6.07, 6.45) is 1.97. The minimum atomic E-state index is -0.214. The highest BCUT2D eigenvalue weighted by molar-refractivity contribution is 7.99. The Morgan fingerprint density at radius 2 is 2.06 bits per heavy atom. The lowest BCUT2D eigenvalue weighted by Crippen LogP contribution is -2.37. The molecule has 1 N–H and O–H groups in total. The van der Waals surface area contributed by atoms with E-state index in [1.165, 1.54) is 11.0 Å². The van der Waals surface area contributed by atoms with Gasteiger partial charge in [0.25, 0.3) is 0 Å². The second-order valence-electron chi connectivity index (χ2n) is 4.70. The van der Waals surface area contributed by atoms with Gasteiger partial charge in [-0.1, -0.05) is 17.6 Å². The van der Waals surface area contributed by atoms with E-state index in [9.17, 15) is 4.79 Å². The number of nitrogens with one attached hydrogen (secondary N) is 1. The number of thioether (sulfide) groups is 1. The lowest BCUT2D eigenvalue weighted by atomic mass is 9.76. The van der Waals surface area contributed by atoms with Crippen LogP contribution in [0.5, 0.6) is 0 Å². The zero-order valence-corrected chi connectivity index (χ0v) is 10.2. The van der Waals surface area contributed by atoms with Gasteiger partial charge < -0.3 is 5.32 Å². The Balaban J connectivity index is 2.11. The number of fused-ring (bicyclic) bond motifs is 2. The molecule has 2 heterocycles. The maximum absolute atomic E-state index is 12.2. The third-order valence-corrected chi connectivity index (χ3v) is 4.71. The van der Waals surface area contributed by atoms with Crippen LogP contribution in [0.1, 0.15) is 18.4 Å². The normalized spacial score (nSPS) is 21.9. The van der Waals surface area contributed by atoms with E-state index in [0.29, 0.717) is 0 Å². The summed E-state index contributed by atoms with van der Waals surface area (Å²) in [6.45, 7) is 0. The van der Waals surface area contributed by atoms with E-state index in [1.54, 1.807) is 0 Å². The molecule has 1 spiro atoms. The topological polar surface area (TPSA) is 29.1 Å². The van der Waals surface area contributed by atoms with Crippen molar-refractivity contribution in [3.05, 3.63) is 23.8 Å². The molecule has 1 saturated heterocycles. The predicted molar refractivity (Wildman–Crippen MR) is 71.5 cm³/mol. The Labute approximate surface area is 101 Å². The number of carbonyl (C=O) groups is 1. The molecule has 0 atom stereocenters. The molecular weight excluding hydrogens is 217 g/mol. The number of amides is 1. The van der Waals surface area contributed by atoms with Gasteiger partial charge in [0.05, 0.1) is 5.41 Å². The van der Waals surface area contributed by atoms with Crippen molar-refractivity contribution in [2.75, 3.05) is 16.8 Å². The van der Waals surface area contributed by atoms with Gasteiger partial charge in [-0.2, -0.15) is 11.8 Å². The Hall–Kier alpha value is -0.895. The number of anilines is 1. The molecule has 1 aromatic rings. The Morgan fingerprint density at radius 1 is 1.31 bits per heavy atom. The summed E-state index contributed by atoms with van der Waals surface area (Å²) in [5.74, 6) is 2.41. The van der Waals surface area contributed by atoms with Crippen LogP contribution >= 0.6 is 11.8 Å². The predicted octanol–water partition coefficient (Wildman–Crippen LogP) is 0.662. The molecule has 1 aromatic carbocycles. The van der Waals surface area contributed by atoms with Gasteiger partial charge in [0, 0.05) is 5.69 Å². The van der Waals surface area contributed by atoms with Crippen molar-refractivity contribution in [2.45, 2.75) is 18.3 Å². The summed E-state index contributed by atoms with van der Waals surface area (Å²) < 4.78 is 0. The minimum Gasteiger partial charge on any atom is -0.325 e. The highest BCUT2D eigenvalue weighted by Gasteiger charge is 2.47. The first-order valence-electron chi connectivity index (χ1n) is 5.73. The molecule has 0 aromatic heterocycles. The van der Waals surface area contributed by atoms with Gasteiger partial charge in [0.2, 0.25) is 5.91 Å². The molecule has 82 valence electrons. The number of hydrogen-bond donors (Lipinski definition) is 1. The molecule has 2 nitrogen and oxygen atoms in total. The first-order valence-corrected chi connectivity index (χ1v) is 6.88. The third kappa shape index (κ3) is 1.32. The second-order valence-corrected chi connectivity index (χ2v) is 5.92. The van der Waals surface area contributed by atoms with Crippen LogP contribution in [-0.4, -0.2) is 25.3 Å². The van der Waals surface area contributed by atoms with Crippen LogP contribution in [0.3, 0.4) is 0 Å². The summed E-state index contributed by atoms with van der Waals surface area (Å²) in [5.41, 5.74) is 3.26. The van der Waals surface area contributed by atoms with Crippen molar-refractivity contribution < 1.29 is 4.79 Å². The average Bonchev–Trinajstić information content (AvgIpc) is 2.53. The van der Waals surface area contributed by atoms with Crippen LogP contribution in [0.4, 0.5) is 5.69 Å². The van der Waals surface area contributed by atoms with Crippen LogP contribution in [0, 0.1) is 0 Å². The van der Waals surface area contributed by atoms with E-state index in [1.807, 2.05) is 11.8 Å². The number of hydrogen-bond acceptors (Lipinski definition) is 2. The summed E-state index contributed by atoms with van der Waals surface area (Å²) >= 11 is 1.96. The molecule has 16 heavy (non-hydrogen) atoms. The van der Waals surface area contributed by atoms with Gasteiger partial charge in [0.15, 0.2) is 0 Å². The smallest absolute Gasteiger partial charge is 0.235 e. The average molecular weight is 231 g/mol. The summed E-state index contributed by atoms with van der Waals surface area (Å²) in [6, 6.07) is 6.34. The van der Waals surface area contributed by atoms with Crippen LogP contribution < -0.4 is 10.8 Å². The fourth-order valence-corrected chi connectivity index (χ4v) is 3.95.